The van der Waals surface area contributed by atoms with Crippen LogP contribution in [0.2, 0.25) is 5.15 Å². The van der Waals surface area contributed by atoms with E-state index in [0.717, 1.165) is 0 Å². The summed E-state index contributed by atoms with van der Waals surface area (Å²) in [5, 5.41) is 7.97. The second-order valence-corrected chi connectivity index (χ2v) is 2.50. The van der Waals surface area contributed by atoms with Gasteiger partial charge in [-0.05, 0) is 6.07 Å². The van der Waals surface area contributed by atoms with Crippen LogP contribution in [0.1, 0.15) is 17.7 Å². The molecule has 13 heavy (non-hydrogen) atoms. The lowest BCUT2D eigenvalue weighted by atomic mass is 10.2. The highest BCUT2D eigenvalue weighted by molar-refractivity contribution is 6.29. The average molecular weight is 207 g/mol. The zero-order chi connectivity index (χ0) is 10.0. The molecule has 0 aromatic carbocycles. The van der Waals surface area contributed by atoms with Gasteiger partial charge in [0.25, 0.3) is 6.43 Å². The predicted molar refractivity (Wildman–Crippen MR) is 38.9 cm³/mol. The van der Waals surface area contributed by atoms with Gasteiger partial charge in [-0.2, -0.15) is 5.26 Å². The van der Waals surface area contributed by atoms with E-state index >= 15 is 0 Å². The molecule has 0 radical (unpaired) electrons. The minimum absolute atomic E-state index is 0.326. The number of rotatable bonds is 1. The predicted octanol–water partition coefficient (Wildman–Crippen LogP) is 2.68. The maximum Gasteiger partial charge on any atom is 0.266 e. The van der Waals surface area contributed by atoms with E-state index < -0.39 is 23.5 Å². The number of alkyl halides is 2. The third-order valence-corrected chi connectivity index (χ3v) is 1.49. The molecule has 1 aromatic heterocycles. The zero-order valence-corrected chi connectivity index (χ0v) is 6.82. The third kappa shape index (κ3) is 1.90. The van der Waals surface area contributed by atoms with Crippen LogP contribution in [0.25, 0.3) is 0 Å². The number of nitriles is 1. The Labute approximate surface area is 76.6 Å². The molecule has 2 nitrogen and oxygen atoms in total. The number of halogens is 4. The van der Waals surface area contributed by atoms with Gasteiger partial charge in [-0.15, -0.1) is 0 Å². The van der Waals surface area contributed by atoms with Gasteiger partial charge in [-0.1, -0.05) is 11.6 Å². The lowest BCUT2D eigenvalue weighted by Crippen LogP contribution is -1.98. The molecule has 1 rings (SSSR count). The summed E-state index contributed by atoms with van der Waals surface area (Å²) in [5.74, 6) is -1.32. The van der Waals surface area contributed by atoms with Crippen molar-refractivity contribution in [2.45, 2.75) is 6.43 Å². The van der Waals surface area contributed by atoms with E-state index in [9.17, 15) is 13.2 Å². The maximum absolute atomic E-state index is 12.9. The van der Waals surface area contributed by atoms with E-state index in [2.05, 4.69) is 4.98 Å². The Bertz CT molecular complexity index is 373. The van der Waals surface area contributed by atoms with Gasteiger partial charge in [0.1, 0.15) is 11.2 Å². The summed E-state index contributed by atoms with van der Waals surface area (Å²) >= 11 is 5.28. The van der Waals surface area contributed by atoms with Gasteiger partial charge in [-0.25, -0.2) is 18.2 Å². The summed E-state index contributed by atoms with van der Waals surface area (Å²) in [6, 6.07) is 2.02. The van der Waals surface area contributed by atoms with Crippen LogP contribution in [0.4, 0.5) is 13.2 Å². The molecule has 68 valence electrons. The molecule has 0 saturated heterocycles. The third-order valence-electron chi connectivity index (χ3n) is 1.30. The van der Waals surface area contributed by atoms with E-state index in [1.54, 1.807) is 0 Å². The quantitative estimate of drug-likeness (QED) is 0.663. The summed E-state index contributed by atoms with van der Waals surface area (Å²) in [5.41, 5.74) is -1.63. The summed E-state index contributed by atoms with van der Waals surface area (Å²) in [4.78, 5) is 3.23. The van der Waals surface area contributed by atoms with Crippen LogP contribution in [0.3, 0.4) is 0 Å². The number of nitrogens with zero attached hydrogens (tertiary/aromatic N) is 2. The van der Waals surface area contributed by atoms with Crippen molar-refractivity contribution >= 4 is 11.6 Å². The standard InChI is InChI=1S/C7H2ClF3N2/c8-5-1-3(7(10)11)6(9)4(2-12)13-5/h1,7H. The molecular weight excluding hydrogens is 205 g/mol. The van der Waals surface area contributed by atoms with Gasteiger partial charge in [0.15, 0.2) is 11.5 Å². The molecule has 0 atom stereocenters. The molecule has 0 bridgehead atoms. The minimum atomic E-state index is -3.01. The Morgan fingerprint density at radius 3 is 2.62 bits per heavy atom. The molecule has 1 heterocycles. The fourth-order valence-corrected chi connectivity index (χ4v) is 0.951. The average Bonchev–Trinajstić information content (AvgIpc) is 2.08. The second-order valence-electron chi connectivity index (χ2n) is 2.11. The Morgan fingerprint density at radius 1 is 1.54 bits per heavy atom. The van der Waals surface area contributed by atoms with E-state index in [1.807, 2.05) is 0 Å². The first-order valence-corrected chi connectivity index (χ1v) is 3.48. The molecule has 6 heteroatoms. The second kappa shape index (κ2) is 3.62. The highest BCUT2D eigenvalue weighted by Gasteiger charge is 2.18. The van der Waals surface area contributed by atoms with E-state index in [4.69, 9.17) is 16.9 Å². The Kier molecular flexibility index (Phi) is 2.73. The molecule has 0 aliphatic heterocycles. The van der Waals surface area contributed by atoms with Gasteiger partial charge in [0.2, 0.25) is 0 Å². The zero-order valence-electron chi connectivity index (χ0n) is 6.06. The first kappa shape index (κ1) is 9.81. The number of hydrogen-bond donors (Lipinski definition) is 0. The van der Waals surface area contributed by atoms with Crippen molar-refractivity contribution in [1.29, 1.82) is 5.26 Å². The van der Waals surface area contributed by atoms with Crippen LogP contribution < -0.4 is 0 Å². The van der Waals surface area contributed by atoms with Crippen LogP contribution in [0.5, 0.6) is 0 Å². The Hall–Kier alpha value is -1.28. The van der Waals surface area contributed by atoms with Crippen molar-refractivity contribution in [3.63, 3.8) is 0 Å². The van der Waals surface area contributed by atoms with Crippen molar-refractivity contribution in [2.24, 2.45) is 0 Å². The Balaban J connectivity index is 3.38. The monoisotopic (exact) mass is 206 g/mol. The van der Waals surface area contributed by atoms with Crippen LogP contribution in [0.15, 0.2) is 6.07 Å². The van der Waals surface area contributed by atoms with Gasteiger partial charge >= 0.3 is 0 Å². The molecular formula is C7H2ClF3N2. The largest absolute Gasteiger partial charge is 0.266 e. The molecule has 0 aliphatic carbocycles. The van der Waals surface area contributed by atoms with Crippen molar-refractivity contribution in [2.75, 3.05) is 0 Å². The topological polar surface area (TPSA) is 36.7 Å². The molecule has 0 saturated carbocycles. The van der Waals surface area contributed by atoms with Crippen LogP contribution in [-0.2, 0) is 0 Å². The first-order valence-electron chi connectivity index (χ1n) is 3.10. The summed E-state index contributed by atoms with van der Waals surface area (Å²) in [7, 11) is 0. The lowest BCUT2D eigenvalue weighted by molar-refractivity contribution is 0.146. The van der Waals surface area contributed by atoms with E-state index in [0.29, 0.717) is 6.07 Å². The fourth-order valence-electron chi connectivity index (χ4n) is 0.749. The van der Waals surface area contributed by atoms with Crippen LogP contribution >= 0.6 is 11.6 Å². The van der Waals surface area contributed by atoms with Crippen molar-refractivity contribution in [3.8, 4) is 6.07 Å². The van der Waals surface area contributed by atoms with E-state index in [1.165, 1.54) is 6.07 Å². The van der Waals surface area contributed by atoms with E-state index in [-0.39, 0.29) is 5.15 Å². The SMILES string of the molecule is N#Cc1nc(Cl)cc(C(F)F)c1F. The maximum atomic E-state index is 12.9. The summed E-state index contributed by atoms with van der Waals surface area (Å²) < 4.78 is 37.1. The molecule has 0 amide bonds. The van der Waals surface area contributed by atoms with Crippen molar-refractivity contribution in [1.82, 2.24) is 4.98 Å². The number of pyridine rings is 1. The summed E-state index contributed by atoms with van der Waals surface area (Å²) in [6.07, 6.45) is -3.01. The van der Waals surface area contributed by atoms with Gasteiger partial charge in [0.05, 0.1) is 5.56 Å². The van der Waals surface area contributed by atoms with Gasteiger partial charge in [0, 0.05) is 0 Å². The first-order chi connectivity index (χ1) is 6.06. The normalized spacial score (nSPS) is 10.2. The van der Waals surface area contributed by atoms with Crippen molar-refractivity contribution in [3.05, 3.63) is 28.3 Å². The highest BCUT2D eigenvalue weighted by Crippen LogP contribution is 2.25. The molecule has 0 aliphatic rings. The minimum Gasteiger partial charge on any atom is -0.222 e. The van der Waals surface area contributed by atoms with Crippen LogP contribution in [0, 0.1) is 17.1 Å². The fraction of sp³-hybridized carbons (Fsp3) is 0.143. The molecule has 1 aromatic rings. The summed E-state index contributed by atoms with van der Waals surface area (Å²) in [6.45, 7) is 0. The van der Waals surface area contributed by atoms with Gasteiger partial charge < -0.3 is 0 Å². The number of hydrogen-bond acceptors (Lipinski definition) is 2. The molecule has 0 unspecified atom stereocenters. The Morgan fingerprint density at radius 2 is 2.15 bits per heavy atom. The van der Waals surface area contributed by atoms with Crippen molar-refractivity contribution < 1.29 is 13.2 Å². The highest BCUT2D eigenvalue weighted by atomic mass is 35.5. The number of aromatic nitrogens is 1. The lowest BCUT2D eigenvalue weighted by Gasteiger charge is -2.02. The molecule has 0 N–H and O–H groups in total. The molecule has 0 fully saturated rings. The van der Waals surface area contributed by atoms with Gasteiger partial charge in [-0.3, -0.25) is 0 Å². The van der Waals surface area contributed by atoms with Crippen LogP contribution in [-0.4, -0.2) is 4.98 Å². The molecule has 0 spiro atoms. The smallest absolute Gasteiger partial charge is 0.222 e.